The van der Waals surface area contributed by atoms with Crippen LogP contribution in [0, 0.1) is 17.2 Å². The molecule has 0 spiro atoms. The van der Waals surface area contributed by atoms with E-state index in [2.05, 4.69) is 28.2 Å². The standard InChI is InChI=1S/C18H21N5O/c1-22-8-7-14(11-22)12-23(2)18(24)16-10-20-21-17(16)15-5-3-13(9-19)4-6-15/h3-6,10,14H,7-8,11-12H2,1-2H3,(H,20,21). The summed E-state index contributed by atoms with van der Waals surface area (Å²) in [6, 6.07) is 9.23. The molecule has 1 unspecified atom stereocenters. The summed E-state index contributed by atoms with van der Waals surface area (Å²) in [5, 5.41) is 15.8. The maximum Gasteiger partial charge on any atom is 0.257 e. The molecule has 2 aromatic rings. The molecule has 3 rings (SSSR count). The first-order valence-corrected chi connectivity index (χ1v) is 8.06. The lowest BCUT2D eigenvalue weighted by atomic mass is 10.0. The molecule has 6 heteroatoms. The molecule has 1 aromatic heterocycles. The molecule has 2 heterocycles. The largest absolute Gasteiger partial charge is 0.341 e. The average Bonchev–Trinajstić information content (AvgIpc) is 3.23. The number of H-pyrrole nitrogens is 1. The Labute approximate surface area is 141 Å². The van der Waals surface area contributed by atoms with Crippen LogP contribution in [0.25, 0.3) is 11.3 Å². The number of benzene rings is 1. The topological polar surface area (TPSA) is 76.0 Å². The van der Waals surface area contributed by atoms with Crippen molar-refractivity contribution in [2.45, 2.75) is 6.42 Å². The molecule has 1 aliphatic rings. The third-order valence-electron chi connectivity index (χ3n) is 4.54. The van der Waals surface area contributed by atoms with Gasteiger partial charge in [0, 0.05) is 25.7 Å². The van der Waals surface area contributed by atoms with E-state index in [1.165, 1.54) is 0 Å². The second-order valence-electron chi connectivity index (χ2n) is 6.45. The maximum atomic E-state index is 12.8. The smallest absolute Gasteiger partial charge is 0.257 e. The Kier molecular flexibility index (Phi) is 4.63. The van der Waals surface area contributed by atoms with Crippen LogP contribution in [0.4, 0.5) is 0 Å². The van der Waals surface area contributed by atoms with Gasteiger partial charge >= 0.3 is 0 Å². The van der Waals surface area contributed by atoms with Crippen LogP contribution in [0.15, 0.2) is 30.5 Å². The molecule has 0 bridgehead atoms. The number of hydrogen-bond acceptors (Lipinski definition) is 4. The molecule has 1 atom stereocenters. The molecule has 24 heavy (non-hydrogen) atoms. The minimum atomic E-state index is -0.0299. The van der Waals surface area contributed by atoms with E-state index in [0.717, 1.165) is 31.6 Å². The van der Waals surface area contributed by atoms with Crippen molar-refractivity contribution >= 4 is 5.91 Å². The number of nitrogens with one attached hydrogen (secondary N) is 1. The van der Waals surface area contributed by atoms with E-state index >= 15 is 0 Å². The number of nitriles is 1. The molecule has 6 nitrogen and oxygen atoms in total. The van der Waals surface area contributed by atoms with Gasteiger partial charge in [0.1, 0.15) is 0 Å². The predicted molar refractivity (Wildman–Crippen MR) is 91.3 cm³/mol. The fourth-order valence-corrected chi connectivity index (χ4v) is 3.23. The highest BCUT2D eigenvalue weighted by Gasteiger charge is 2.25. The number of likely N-dealkylation sites (tertiary alicyclic amines) is 1. The number of amides is 1. The Balaban J connectivity index is 1.76. The van der Waals surface area contributed by atoms with Gasteiger partial charge in [0.15, 0.2) is 0 Å². The summed E-state index contributed by atoms with van der Waals surface area (Å²) in [5.74, 6) is 0.492. The van der Waals surface area contributed by atoms with Crippen molar-refractivity contribution < 1.29 is 4.79 Å². The van der Waals surface area contributed by atoms with Crippen molar-refractivity contribution in [1.29, 1.82) is 5.26 Å². The summed E-state index contributed by atoms with van der Waals surface area (Å²) in [7, 11) is 3.96. The lowest BCUT2D eigenvalue weighted by Gasteiger charge is -2.21. The zero-order valence-corrected chi connectivity index (χ0v) is 14.0. The van der Waals surface area contributed by atoms with Crippen LogP contribution in [-0.2, 0) is 0 Å². The number of aromatic nitrogens is 2. The van der Waals surface area contributed by atoms with Crippen molar-refractivity contribution in [2.75, 3.05) is 33.7 Å². The molecular formula is C18H21N5O. The summed E-state index contributed by atoms with van der Waals surface area (Å²) in [6.07, 6.45) is 2.70. The van der Waals surface area contributed by atoms with E-state index in [0.29, 0.717) is 22.7 Å². The van der Waals surface area contributed by atoms with Crippen molar-refractivity contribution in [1.82, 2.24) is 20.0 Å². The van der Waals surface area contributed by atoms with Crippen LogP contribution in [0.5, 0.6) is 0 Å². The summed E-state index contributed by atoms with van der Waals surface area (Å²) < 4.78 is 0. The second-order valence-corrected chi connectivity index (χ2v) is 6.45. The minimum absolute atomic E-state index is 0.0299. The molecule has 0 aliphatic carbocycles. The Morgan fingerprint density at radius 1 is 1.46 bits per heavy atom. The molecule has 1 N–H and O–H groups in total. The van der Waals surface area contributed by atoms with Crippen LogP contribution < -0.4 is 0 Å². The molecule has 1 saturated heterocycles. The normalized spacial score (nSPS) is 17.6. The van der Waals surface area contributed by atoms with Gasteiger partial charge in [0.25, 0.3) is 5.91 Å². The molecule has 1 aromatic carbocycles. The van der Waals surface area contributed by atoms with Crippen LogP contribution >= 0.6 is 0 Å². The Morgan fingerprint density at radius 3 is 2.83 bits per heavy atom. The number of carbonyl (C=O) groups excluding carboxylic acids is 1. The van der Waals surface area contributed by atoms with E-state index in [1.54, 1.807) is 23.2 Å². The number of aromatic amines is 1. The molecule has 0 radical (unpaired) electrons. The number of carbonyl (C=O) groups is 1. The van der Waals surface area contributed by atoms with Crippen molar-refractivity contribution in [3.05, 3.63) is 41.6 Å². The van der Waals surface area contributed by atoms with Crippen LogP contribution in [0.1, 0.15) is 22.3 Å². The molecule has 1 aliphatic heterocycles. The van der Waals surface area contributed by atoms with Gasteiger partial charge in [-0.3, -0.25) is 9.89 Å². The SMILES string of the molecule is CN1CCC(CN(C)C(=O)c2cn[nH]c2-c2ccc(C#N)cc2)C1. The Hall–Kier alpha value is -2.65. The Bertz CT molecular complexity index is 758. The first-order valence-electron chi connectivity index (χ1n) is 8.06. The van der Waals surface area contributed by atoms with Gasteiger partial charge < -0.3 is 9.80 Å². The maximum absolute atomic E-state index is 12.8. The molecule has 124 valence electrons. The summed E-state index contributed by atoms with van der Waals surface area (Å²) >= 11 is 0. The first-order chi connectivity index (χ1) is 11.6. The van der Waals surface area contributed by atoms with Gasteiger partial charge in [-0.1, -0.05) is 12.1 Å². The monoisotopic (exact) mass is 323 g/mol. The van der Waals surface area contributed by atoms with E-state index in [-0.39, 0.29) is 5.91 Å². The lowest BCUT2D eigenvalue weighted by molar-refractivity contribution is 0.0775. The van der Waals surface area contributed by atoms with E-state index < -0.39 is 0 Å². The van der Waals surface area contributed by atoms with Gasteiger partial charge in [-0.05, 0) is 38.1 Å². The summed E-state index contributed by atoms with van der Waals surface area (Å²) in [5.41, 5.74) is 2.70. The first kappa shape index (κ1) is 16.2. The minimum Gasteiger partial charge on any atom is -0.341 e. The van der Waals surface area contributed by atoms with Crippen LogP contribution in [-0.4, -0.2) is 59.6 Å². The second kappa shape index (κ2) is 6.85. The number of rotatable bonds is 4. The van der Waals surface area contributed by atoms with Gasteiger partial charge in [-0.25, -0.2) is 0 Å². The molecule has 0 saturated carbocycles. The van der Waals surface area contributed by atoms with Crippen molar-refractivity contribution in [3.8, 4) is 17.3 Å². The van der Waals surface area contributed by atoms with Crippen molar-refractivity contribution in [3.63, 3.8) is 0 Å². The molecule has 1 fully saturated rings. The zero-order valence-electron chi connectivity index (χ0n) is 14.0. The highest BCUT2D eigenvalue weighted by atomic mass is 16.2. The summed E-state index contributed by atoms with van der Waals surface area (Å²) in [4.78, 5) is 16.9. The van der Waals surface area contributed by atoms with Gasteiger partial charge in [-0.2, -0.15) is 10.4 Å². The number of nitrogens with zero attached hydrogens (tertiary/aromatic N) is 4. The van der Waals surface area contributed by atoms with E-state index in [9.17, 15) is 4.79 Å². The van der Waals surface area contributed by atoms with Crippen LogP contribution in [0.3, 0.4) is 0 Å². The highest BCUT2D eigenvalue weighted by molar-refractivity contribution is 5.99. The zero-order chi connectivity index (χ0) is 17.1. The van der Waals surface area contributed by atoms with Gasteiger partial charge in [-0.15, -0.1) is 0 Å². The summed E-state index contributed by atoms with van der Waals surface area (Å²) in [6.45, 7) is 2.88. The van der Waals surface area contributed by atoms with E-state index in [1.807, 2.05) is 19.2 Å². The number of hydrogen-bond donors (Lipinski definition) is 1. The van der Waals surface area contributed by atoms with Gasteiger partial charge in [0.05, 0.1) is 29.1 Å². The third kappa shape index (κ3) is 3.31. The Morgan fingerprint density at radius 2 is 2.21 bits per heavy atom. The quantitative estimate of drug-likeness (QED) is 0.933. The van der Waals surface area contributed by atoms with Gasteiger partial charge in [0.2, 0.25) is 0 Å². The lowest BCUT2D eigenvalue weighted by Crippen LogP contribution is -2.32. The highest BCUT2D eigenvalue weighted by Crippen LogP contribution is 2.23. The fraction of sp³-hybridized carbons (Fsp3) is 0.389. The van der Waals surface area contributed by atoms with Crippen LogP contribution in [0.2, 0.25) is 0 Å². The molecule has 1 amide bonds. The fourth-order valence-electron chi connectivity index (χ4n) is 3.23. The van der Waals surface area contributed by atoms with E-state index in [4.69, 9.17) is 5.26 Å². The predicted octanol–water partition coefficient (Wildman–Crippen LogP) is 1.97. The third-order valence-corrected chi connectivity index (χ3v) is 4.54. The molecular weight excluding hydrogens is 302 g/mol. The average molecular weight is 323 g/mol. The van der Waals surface area contributed by atoms with Crippen molar-refractivity contribution in [2.24, 2.45) is 5.92 Å².